The highest BCUT2D eigenvalue weighted by Gasteiger charge is 2.17. The largest absolute Gasteiger partial charge is 0.296 e. The standard InChI is InChI=1S/C10H14N2O2/c13-7-8-6-10(14)12(11-8)9-4-2-1-3-5-9/h6-7,9,11H,1-5H2. The van der Waals surface area contributed by atoms with E-state index in [4.69, 9.17) is 0 Å². The van der Waals surface area contributed by atoms with Crippen LogP contribution in [0.1, 0.15) is 48.6 Å². The number of H-pyrrole nitrogens is 1. The van der Waals surface area contributed by atoms with E-state index in [1.807, 2.05) is 0 Å². The van der Waals surface area contributed by atoms with E-state index in [9.17, 15) is 9.59 Å². The molecule has 76 valence electrons. The molecule has 0 spiro atoms. The average molecular weight is 194 g/mol. The monoisotopic (exact) mass is 194 g/mol. The summed E-state index contributed by atoms with van der Waals surface area (Å²) in [6, 6.07) is 1.63. The zero-order valence-electron chi connectivity index (χ0n) is 8.03. The Morgan fingerprint density at radius 3 is 2.64 bits per heavy atom. The molecule has 1 saturated carbocycles. The van der Waals surface area contributed by atoms with Crippen molar-refractivity contribution in [1.29, 1.82) is 0 Å². The van der Waals surface area contributed by atoms with Crippen LogP contribution in [0.4, 0.5) is 0 Å². The van der Waals surface area contributed by atoms with Crippen LogP contribution < -0.4 is 5.56 Å². The average Bonchev–Trinajstić information content (AvgIpc) is 2.61. The van der Waals surface area contributed by atoms with Gasteiger partial charge in [0, 0.05) is 6.07 Å². The van der Waals surface area contributed by atoms with Crippen LogP contribution in [-0.2, 0) is 0 Å². The quantitative estimate of drug-likeness (QED) is 0.725. The number of carbonyl (C=O) groups excluding carboxylic acids is 1. The Kier molecular flexibility index (Phi) is 2.52. The highest BCUT2D eigenvalue weighted by molar-refractivity contribution is 5.71. The first-order valence-corrected chi connectivity index (χ1v) is 5.08. The summed E-state index contributed by atoms with van der Waals surface area (Å²) in [6.45, 7) is 0. The van der Waals surface area contributed by atoms with Gasteiger partial charge in [-0.25, -0.2) is 4.68 Å². The third kappa shape index (κ3) is 1.64. The predicted molar refractivity (Wildman–Crippen MR) is 52.6 cm³/mol. The lowest BCUT2D eigenvalue weighted by Gasteiger charge is -2.21. The van der Waals surface area contributed by atoms with E-state index in [0.29, 0.717) is 12.0 Å². The minimum absolute atomic E-state index is 0.0843. The Bertz CT molecular complexity index is 372. The van der Waals surface area contributed by atoms with Gasteiger partial charge in [-0.05, 0) is 12.8 Å². The first-order valence-electron chi connectivity index (χ1n) is 5.08. The van der Waals surface area contributed by atoms with E-state index in [1.54, 1.807) is 4.68 Å². The SMILES string of the molecule is O=Cc1cc(=O)n(C2CCCCC2)[nH]1. The molecule has 1 aromatic heterocycles. The van der Waals surface area contributed by atoms with Gasteiger partial charge in [0.05, 0.1) is 11.7 Å². The lowest BCUT2D eigenvalue weighted by molar-refractivity contribution is 0.111. The minimum Gasteiger partial charge on any atom is -0.296 e. The fourth-order valence-electron chi connectivity index (χ4n) is 2.10. The maximum absolute atomic E-state index is 11.5. The third-order valence-electron chi connectivity index (χ3n) is 2.83. The molecule has 0 atom stereocenters. The molecule has 1 heterocycles. The zero-order chi connectivity index (χ0) is 9.97. The van der Waals surface area contributed by atoms with Crippen LogP contribution in [0.2, 0.25) is 0 Å². The molecule has 4 heteroatoms. The summed E-state index contributed by atoms with van der Waals surface area (Å²) in [4.78, 5) is 21.9. The van der Waals surface area contributed by atoms with Gasteiger partial charge in [0.1, 0.15) is 0 Å². The predicted octanol–water partition coefficient (Wildman–Crippen LogP) is 1.49. The molecule has 1 aliphatic rings. The summed E-state index contributed by atoms with van der Waals surface area (Å²) in [6.07, 6.45) is 6.36. The molecule has 1 fully saturated rings. The molecule has 1 aromatic rings. The molecule has 0 amide bonds. The van der Waals surface area contributed by atoms with Gasteiger partial charge in [0.25, 0.3) is 5.56 Å². The fraction of sp³-hybridized carbons (Fsp3) is 0.600. The number of aromatic amines is 1. The van der Waals surface area contributed by atoms with Gasteiger partial charge in [-0.2, -0.15) is 0 Å². The van der Waals surface area contributed by atoms with Crippen LogP contribution in [0.15, 0.2) is 10.9 Å². The lowest BCUT2D eigenvalue weighted by Crippen LogP contribution is -2.23. The maximum atomic E-state index is 11.5. The first kappa shape index (κ1) is 9.24. The molecule has 14 heavy (non-hydrogen) atoms. The van der Waals surface area contributed by atoms with Gasteiger partial charge in [-0.3, -0.25) is 14.7 Å². The van der Waals surface area contributed by atoms with E-state index in [-0.39, 0.29) is 11.6 Å². The molecule has 4 nitrogen and oxygen atoms in total. The second-order valence-electron chi connectivity index (χ2n) is 3.83. The molecule has 0 aliphatic heterocycles. The summed E-state index contributed by atoms with van der Waals surface area (Å²) in [5.41, 5.74) is 0.291. The number of rotatable bonds is 2. The Morgan fingerprint density at radius 2 is 2.07 bits per heavy atom. The Balaban J connectivity index is 2.25. The summed E-state index contributed by atoms with van der Waals surface area (Å²) >= 11 is 0. The molecule has 0 unspecified atom stereocenters. The van der Waals surface area contributed by atoms with Crippen molar-refractivity contribution in [3.8, 4) is 0 Å². The van der Waals surface area contributed by atoms with Crippen LogP contribution in [0.25, 0.3) is 0 Å². The topological polar surface area (TPSA) is 54.9 Å². The summed E-state index contributed by atoms with van der Waals surface area (Å²) in [5.74, 6) is 0. The summed E-state index contributed by atoms with van der Waals surface area (Å²) < 4.78 is 1.60. The number of nitrogens with zero attached hydrogens (tertiary/aromatic N) is 1. The second kappa shape index (κ2) is 3.82. The molecule has 0 bridgehead atoms. The van der Waals surface area contributed by atoms with Crippen LogP contribution in [0.5, 0.6) is 0 Å². The van der Waals surface area contributed by atoms with Crippen LogP contribution in [-0.4, -0.2) is 16.1 Å². The number of hydrogen-bond acceptors (Lipinski definition) is 2. The van der Waals surface area contributed by atoms with Gasteiger partial charge in [0.15, 0.2) is 6.29 Å². The van der Waals surface area contributed by atoms with Crippen molar-refractivity contribution in [2.75, 3.05) is 0 Å². The molecule has 0 radical (unpaired) electrons. The number of hydrogen-bond donors (Lipinski definition) is 1. The Labute approximate surface area is 81.9 Å². The van der Waals surface area contributed by atoms with E-state index in [2.05, 4.69) is 5.10 Å². The van der Waals surface area contributed by atoms with Crippen LogP contribution in [0, 0.1) is 0 Å². The first-order chi connectivity index (χ1) is 6.81. The summed E-state index contributed by atoms with van der Waals surface area (Å²) in [5, 5.41) is 2.84. The normalized spacial score (nSPS) is 18.3. The van der Waals surface area contributed by atoms with E-state index in [1.165, 1.54) is 25.3 Å². The number of aromatic nitrogens is 2. The smallest absolute Gasteiger partial charge is 0.267 e. The van der Waals surface area contributed by atoms with Crippen molar-refractivity contribution in [3.05, 3.63) is 22.1 Å². The van der Waals surface area contributed by atoms with Gasteiger partial charge < -0.3 is 0 Å². The molecular formula is C10H14N2O2. The van der Waals surface area contributed by atoms with Crippen molar-refractivity contribution in [1.82, 2.24) is 9.78 Å². The van der Waals surface area contributed by atoms with Crippen molar-refractivity contribution >= 4 is 6.29 Å². The van der Waals surface area contributed by atoms with E-state index >= 15 is 0 Å². The van der Waals surface area contributed by atoms with Crippen molar-refractivity contribution in [2.45, 2.75) is 38.1 Å². The Hall–Kier alpha value is -1.32. The third-order valence-corrected chi connectivity index (χ3v) is 2.83. The zero-order valence-corrected chi connectivity index (χ0v) is 8.03. The molecule has 1 N–H and O–H groups in total. The summed E-state index contributed by atoms with van der Waals surface area (Å²) in [7, 11) is 0. The minimum atomic E-state index is -0.0843. The van der Waals surface area contributed by atoms with Gasteiger partial charge in [-0.1, -0.05) is 19.3 Å². The number of aldehydes is 1. The molecule has 2 rings (SSSR count). The number of carbonyl (C=O) groups is 1. The molecular weight excluding hydrogens is 180 g/mol. The van der Waals surface area contributed by atoms with Gasteiger partial charge in [-0.15, -0.1) is 0 Å². The lowest BCUT2D eigenvalue weighted by atomic mass is 9.96. The molecule has 0 aromatic carbocycles. The van der Waals surface area contributed by atoms with Crippen molar-refractivity contribution in [2.24, 2.45) is 0 Å². The van der Waals surface area contributed by atoms with E-state index < -0.39 is 0 Å². The second-order valence-corrected chi connectivity index (χ2v) is 3.83. The van der Waals surface area contributed by atoms with E-state index in [0.717, 1.165) is 12.8 Å². The van der Waals surface area contributed by atoms with Gasteiger partial charge >= 0.3 is 0 Å². The molecule has 0 saturated heterocycles. The number of nitrogens with one attached hydrogen (secondary N) is 1. The molecule has 1 aliphatic carbocycles. The fourth-order valence-corrected chi connectivity index (χ4v) is 2.10. The van der Waals surface area contributed by atoms with Crippen LogP contribution >= 0.6 is 0 Å². The van der Waals surface area contributed by atoms with Gasteiger partial charge in [0.2, 0.25) is 0 Å². The highest BCUT2D eigenvalue weighted by Crippen LogP contribution is 2.26. The van der Waals surface area contributed by atoms with Crippen molar-refractivity contribution in [3.63, 3.8) is 0 Å². The highest BCUT2D eigenvalue weighted by atomic mass is 16.1. The van der Waals surface area contributed by atoms with Crippen LogP contribution in [0.3, 0.4) is 0 Å². The van der Waals surface area contributed by atoms with Crippen molar-refractivity contribution < 1.29 is 4.79 Å². The Morgan fingerprint density at radius 1 is 1.36 bits per heavy atom. The maximum Gasteiger partial charge on any atom is 0.267 e.